The van der Waals surface area contributed by atoms with Gasteiger partial charge in [-0.15, -0.1) is 0 Å². The first-order valence-electron chi connectivity index (χ1n) is 16.6. The first-order chi connectivity index (χ1) is 24.0. The lowest BCUT2D eigenvalue weighted by Crippen LogP contribution is -2.58. The normalized spacial score (nSPS) is 13.7. The predicted octanol–water partition coefficient (Wildman–Crippen LogP) is -3.29. The highest BCUT2D eigenvalue weighted by Crippen LogP contribution is 2.13. The molecule has 7 amide bonds. The van der Waals surface area contributed by atoms with Crippen LogP contribution in [0.25, 0.3) is 0 Å². The third kappa shape index (κ3) is 18.2. The van der Waals surface area contributed by atoms with Crippen LogP contribution in [0.3, 0.4) is 0 Å². The van der Waals surface area contributed by atoms with Crippen LogP contribution in [0, 0.1) is 5.92 Å². The van der Waals surface area contributed by atoms with Crippen molar-refractivity contribution < 1.29 is 38.7 Å². The molecule has 0 aromatic heterocycles. The zero-order valence-corrected chi connectivity index (χ0v) is 28.9. The molecule has 5 atom stereocenters. The quantitative estimate of drug-likeness (QED) is 0.0270. The summed E-state index contributed by atoms with van der Waals surface area (Å²) in [5.74, 6) is -6.06. The van der Waals surface area contributed by atoms with Gasteiger partial charge in [-0.05, 0) is 69.2 Å². The molecule has 0 fully saturated rings. The number of primary amides is 3. The Labute approximate surface area is 296 Å². The molecule has 0 bridgehead atoms. The number of nitrogens with two attached hydrogens (primary N) is 6. The van der Waals surface area contributed by atoms with Gasteiger partial charge in [0.05, 0.1) is 0 Å². The van der Waals surface area contributed by atoms with Gasteiger partial charge in [-0.3, -0.25) is 38.6 Å². The fourth-order valence-corrected chi connectivity index (χ4v) is 4.80. The van der Waals surface area contributed by atoms with Crippen LogP contribution in [0.4, 0.5) is 0 Å². The van der Waals surface area contributed by atoms with E-state index in [4.69, 9.17) is 34.4 Å². The number of amides is 7. The second-order valence-corrected chi connectivity index (χ2v) is 12.2. The van der Waals surface area contributed by atoms with E-state index in [0.29, 0.717) is 24.9 Å². The number of hydrogen-bond acceptors (Lipinski definition) is 10. The molecule has 0 aliphatic carbocycles. The molecular weight excluding hydrogens is 666 g/mol. The SMILES string of the molecule is C[C@@H](CCC(N)=O)C(=O)N[C@@H](CCC(N)=O)C(=O)N[C@@H](Cc1ccc(O)cc1)C(=O)N[C@@H](CCCN=C(N)N)C(=O)N[C@@H](CCCCN)C(N)=O. The third-order valence-corrected chi connectivity index (χ3v) is 7.78. The Morgan fingerprint density at radius 2 is 1.14 bits per heavy atom. The number of aliphatic imine (C=N–C) groups is 1. The molecule has 17 N–H and O–H groups in total. The zero-order chi connectivity index (χ0) is 38.5. The molecule has 19 heteroatoms. The molecule has 19 nitrogen and oxygen atoms in total. The minimum Gasteiger partial charge on any atom is -0.508 e. The molecule has 0 heterocycles. The molecule has 1 rings (SSSR count). The number of phenolic OH excluding ortho intramolecular Hbond substituents is 1. The van der Waals surface area contributed by atoms with Gasteiger partial charge in [-0.25, -0.2) is 0 Å². The number of benzene rings is 1. The summed E-state index contributed by atoms with van der Waals surface area (Å²) in [4.78, 5) is 92.6. The van der Waals surface area contributed by atoms with Crippen LogP contribution in [0.1, 0.15) is 70.3 Å². The summed E-state index contributed by atoms with van der Waals surface area (Å²) in [6.07, 6.45) is 0.959. The van der Waals surface area contributed by atoms with Gasteiger partial charge in [0.2, 0.25) is 41.4 Å². The van der Waals surface area contributed by atoms with E-state index in [2.05, 4.69) is 26.3 Å². The molecule has 0 saturated heterocycles. The number of nitrogens with zero attached hydrogens (tertiary/aromatic N) is 1. The smallest absolute Gasteiger partial charge is 0.243 e. The van der Waals surface area contributed by atoms with Crippen LogP contribution < -0.4 is 55.7 Å². The molecule has 0 aliphatic heterocycles. The van der Waals surface area contributed by atoms with Crippen molar-refractivity contribution in [3.8, 4) is 5.75 Å². The van der Waals surface area contributed by atoms with Gasteiger partial charge < -0.3 is 60.8 Å². The second kappa shape index (κ2) is 23.0. The van der Waals surface area contributed by atoms with Gasteiger partial charge in [-0.1, -0.05) is 19.1 Å². The van der Waals surface area contributed by atoms with Crippen molar-refractivity contribution >= 4 is 47.3 Å². The van der Waals surface area contributed by atoms with Crippen LogP contribution in [0.15, 0.2) is 29.3 Å². The number of hydrogen-bond donors (Lipinski definition) is 11. The van der Waals surface area contributed by atoms with Gasteiger partial charge in [0.1, 0.15) is 29.9 Å². The summed E-state index contributed by atoms with van der Waals surface area (Å²) in [6.45, 7) is 2.02. The number of guanidine groups is 1. The molecule has 284 valence electrons. The summed E-state index contributed by atoms with van der Waals surface area (Å²) < 4.78 is 0. The van der Waals surface area contributed by atoms with Crippen molar-refractivity contribution in [3.63, 3.8) is 0 Å². The molecule has 1 aromatic rings. The van der Waals surface area contributed by atoms with E-state index in [1.807, 2.05) is 0 Å². The molecular formula is C32H53N11O8. The number of rotatable bonds is 25. The van der Waals surface area contributed by atoms with Crippen LogP contribution in [-0.4, -0.2) is 89.7 Å². The summed E-state index contributed by atoms with van der Waals surface area (Å²) in [5.41, 5.74) is 32.9. The van der Waals surface area contributed by atoms with Gasteiger partial charge >= 0.3 is 0 Å². The third-order valence-electron chi connectivity index (χ3n) is 7.78. The summed E-state index contributed by atoms with van der Waals surface area (Å²) in [6, 6.07) is 0.840. The van der Waals surface area contributed by atoms with Gasteiger partial charge in [0, 0.05) is 31.7 Å². The van der Waals surface area contributed by atoms with Crippen LogP contribution >= 0.6 is 0 Å². The number of carbonyl (C=O) groups is 7. The number of unbranched alkanes of at least 4 members (excludes halogenated alkanes) is 1. The molecule has 51 heavy (non-hydrogen) atoms. The Morgan fingerprint density at radius 1 is 0.647 bits per heavy atom. The monoisotopic (exact) mass is 719 g/mol. The summed E-state index contributed by atoms with van der Waals surface area (Å²) in [7, 11) is 0. The topological polar surface area (TPSA) is 356 Å². The lowest BCUT2D eigenvalue weighted by atomic mass is 10.0. The number of aromatic hydroxyl groups is 1. The van der Waals surface area contributed by atoms with Gasteiger partial charge in [0.25, 0.3) is 0 Å². The van der Waals surface area contributed by atoms with E-state index in [1.54, 1.807) is 0 Å². The highest BCUT2D eigenvalue weighted by molar-refractivity contribution is 5.96. The van der Waals surface area contributed by atoms with E-state index in [9.17, 15) is 38.7 Å². The van der Waals surface area contributed by atoms with Crippen LogP contribution in [0.2, 0.25) is 0 Å². The van der Waals surface area contributed by atoms with Crippen molar-refractivity contribution in [1.82, 2.24) is 21.3 Å². The van der Waals surface area contributed by atoms with Crippen LogP contribution in [0.5, 0.6) is 5.75 Å². The maximum Gasteiger partial charge on any atom is 0.243 e. The van der Waals surface area contributed by atoms with Crippen molar-refractivity contribution in [2.75, 3.05) is 13.1 Å². The minimum atomic E-state index is -1.35. The lowest BCUT2D eigenvalue weighted by Gasteiger charge is -2.27. The Bertz CT molecular complexity index is 1370. The fourth-order valence-electron chi connectivity index (χ4n) is 4.80. The first-order valence-corrected chi connectivity index (χ1v) is 16.6. The van der Waals surface area contributed by atoms with Crippen molar-refractivity contribution in [1.29, 1.82) is 0 Å². The molecule has 0 radical (unpaired) electrons. The maximum atomic E-state index is 13.9. The number of phenols is 1. The minimum absolute atomic E-state index is 0.0169. The number of carbonyl (C=O) groups excluding carboxylic acids is 7. The Hall–Kier alpha value is -5.46. The van der Waals surface area contributed by atoms with Gasteiger partial charge in [0.15, 0.2) is 5.96 Å². The van der Waals surface area contributed by atoms with E-state index >= 15 is 0 Å². The highest BCUT2D eigenvalue weighted by Gasteiger charge is 2.32. The van der Waals surface area contributed by atoms with Crippen molar-refractivity contribution in [2.24, 2.45) is 45.3 Å². The second-order valence-electron chi connectivity index (χ2n) is 12.2. The van der Waals surface area contributed by atoms with E-state index < -0.39 is 71.4 Å². The zero-order valence-electron chi connectivity index (χ0n) is 28.9. The Balaban J connectivity index is 3.38. The molecule has 0 saturated carbocycles. The molecule has 1 aromatic carbocycles. The average molecular weight is 720 g/mol. The van der Waals surface area contributed by atoms with E-state index in [-0.39, 0.29) is 69.6 Å². The largest absolute Gasteiger partial charge is 0.508 e. The fraction of sp³-hybridized carbons (Fsp3) is 0.562. The van der Waals surface area contributed by atoms with Crippen molar-refractivity contribution in [2.45, 2.75) is 95.3 Å². The van der Waals surface area contributed by atoms with Gasteiger partial charge in [-0.2, -0.15) is 0 Å². The molecule has 0 spiro atoms. The average Bonchev–Trinajstić information content (AvgIpc) is 3.06. The first kappa shape index (κ1) is 43.6. The van der Waals surface area contributed by atoms with Crippen LogP contribution in [-0.2, 0) is 40.0 Å². The maximum absolute atomic E-state index is 13.9. The molecule has 0 aliphatic rings. The van der Waals surface area contributed by atoms with E-state index in [0.717, 1.165) is 0 Å². The predicted molar refractivity (Wildman–Crippen MR) is 188 cm³/mol. The standard InChI is InChI=1S/C32H53N11O8/c1-18(7-13-25(34)45)28(48)41-23(12-14-26(35)46)30(50)43-24(17-19-8-10-20(44)11-9-19)31(51)42-22(6-4-16-39-32(37)38)29(49)40-21(27(36)47)5-2-3-15-33/h8-11,18,21-24,44H,2-7,12-17,33H2,1H3,(H2,34,45)(H2,35,46)(H2,36,47)(H,40,49)(H,41,48)(H,42,51)(H,43,50)(H4,37,38,39)/t18-,21-,22-,23-,24-/m0/s1. The van der Waals surface area contributed by atoms with E-state index in [1.165, 1.54) is 31.2 Å². The Kier molecular flexibility index (Phi) is 19.7. The summed E-state index contributed by atoms with van der Waals surface area (Å²) in [5, 5.41) is 20.1. The molecule has 0 unspecified atom stereocenters. The Morgan fingerprint density at radius 3 is 1.69 bits per heavy atom. The van der Waals surface area contributed by atoms with Crippen molar-refractivity contribution in [3.05, 3.63) is 29.8 Å². The highest BCUT2D eigenvalue weighted by atomic mass is 16.3. The summed E-state index contributed by atoms with van der Waals surface area (Å²) >= 11 is 0. The lowest BCUT2D eigenvalue weighted by molar-refractivity contribution is -0.135. The number of nitrogens with one attached hydrogen (secondary N) is 4.